The molecule has 3 nitrogen and oxygen atoms in total. The summed E-state index contributed by atoms with van der Waals surface area (Å²) in [7, 11) is 0. The second kappa shape index (κ2) is 16.2. The van der Waals surface area contributed by atoms with Crippen molar-refractivity contribution in [3.63, 3.8) is 0 Å². The zero-order valence-corrected chi connectivity index (χ0v) is 37.1. The minimum Gasteiger partial charge on any atom is -0.365 e. The molecule has 0 amide bonds. The smallest absolute Gasteiger partial charge is 0.252 e. The number of benzene rings is 9. The molecule has 13 rings (SSSR count). The molecule has 2 saturated heterocycles. The van der Waals surface area contributed by atoms with Crippen LogP contribution in [0.25, 0.3) is 44.5 Å². The van der Waals surface area contributed by atoms with Crippen molar-refractivity contribution in [2.24, 2.45) is 0 Å². The Bertz CT molecular complexity index is 2990. The Labute approximate surface area is 389 Å². The molecular formula is C62H50BN3. The normalized spacial score (nSPS) is 16.9. The van der Waals surface area contributed by atoms with Gasteiger partial charge in [0, 0.05) is 51.9 Å². The van der Waals surface area contributed by atoms with E-state index in [1.54, 1.807) is 0 Å². The summed E-state index contributed by atoms with van der Waals surface area (Å²) in [5.41, 5.74) is 22.5. The molecule has 0 N–H and O–H groups in total. The van der Waals surface area contributed by atoms with Gasteiger partial charge in [-0.05, 0) is 148 Å². The molecule has 0 aliphatic carbocycles. The summed E-state index contributed by atoms with van der Waals surface area (Å²) in [6, 6.07) is 82.8. The van der Waals surface area contributed by atoms with Gasteiger partial charge in [0.2, 0.25) is 0 Å². The molecule has 0 unspecified atom stereocenters. The van der Waals surface area contributed by atoms with Crippen molar-refractivity contribution in [2.45, 2.75) is 50.6 Å². The third-order valence-electron chi connectivity index (χ3n) is 15.0. The van der Waals surface area contributed by atoms with E-state index in [1.165, 1.54) is 139 Å². The quantitative estimate of drug-likeness (QED) is 0.148. The minimum absolute atomic E-state index is 0.0121. The maximum Gasteiger partial charge on any atom is 0.252 e. The third kappa shape index (κ3) is 6.58. The first-order valence-corrected chi connectivity index (χ1v) is 24.0. The summed E-state index contributed by atoms with van der Waals surface area (Å²) in [4.78, 5) is 8.05. The van der Waals surface area contributed by atoms with Crippen LogP contribution < -0.4 is 31.1 Å². The maximum absolute atomic E-state index is 2.86. The van der Waals surface area contributed by atoms with Crippen LogP contribution in [0.5, 0.6) is 0 Å². The first-order valence-electron chi connectivity index (χ1n) is 24.0. The molecule has 2 fully saturated rings. The molecule has 66 heavy (non-hydrogen) atoms. The number of anilines is 7. The predicted octanol–water partition coefficient (Wildman–Crippen LogP) is 14.3. The summed E-state index contributed by atoms with van der Waals surface area (Å²) < 4.78 is 0. The number of hydrogen-bond acceptors (Lipinski definition) is 3. The Morgan fingerprint density at radius 3 is 1.02 bits per heavy atom. The molecule has 0 aromatic heterocycles. The monoisotopic (exact) mass is 847 g/mol. The lowest BCUT2D eigenvalue weighted by Gasteiger charge is -2.50. The summed E-state index contributed by atoms with van der Waals surface area (Å²) in [5, 5.41) is 0. The molecule has 0 atom stereocenters. The molecule has 9 aromatic rings. The van der Waals surface area contributed by atoms with Crippen LogP contribution in [0.1, 0.15) is 38.5 Å². The van der Waals surface area contributed by atoms with Crippen LogP contribution in [0.15, 0.2) is 218 Å². The lowest BCUT2D eigenvalue weighted by Crippen LogP contribution is -2.61. The topological polar surface area (TPSA) is 9.72 Å². The van der Waals surface area contributed by atoms with Crippen molar-refractivity contribution in [2.75, 3.05) is 14.7 Å². The first-order chi connectivity index (χ1) is 32.7. The van der Waals surface area contributed by atoms with Crippen molar-refractivity contribution in [3.05, 3.63) is 218 Å². The van der Waals surface area contributed by atoms with Crippen LogP contribution in [0.3, 0.4) is 0 Å². The van der Waals surface area contributed by atoms with E-state index in [-0.39, 0.29) is 6.71 Å². The molecule has 316 valence electrons. The first kappa shape index (κ1) is 38.9. The molecule has 0 radical (unpaired) electrons. The van der Waals surface area contributed by atoms with Gasteiger partial charge in [0.25, 0.3) is 6.71 Å². The van der Waals surface area contributed by atoms with Crippen LogP contribution in [-0.4, -0.2) is 18.8 Å². The summed E-state index contributed by atoms with van der Waals surface area (Å²) >= 11 is 0. The highest BCUT2D eigenvalue weighted by Crippen LogP contribution is 2.49. The van der Waals surface area contributed by atoms with Crippen molar-refractivity contribution in [3.8, 4) is 44.5 Å². The van der Waals surface area contributed by atoms with E-state index in [2.05, 4.69) is 233 Å². The Hall–Kier alpha value is -7.56. The molecule has 4 heteroatoms. The van der Waals surface area contributed by atoms with Gasteiger partial charge >= 0.3 is 0 Å². The van der Waals surface area contributed by atoms with Gasteiger partial charge in [-0.25, -0.2) is 0 Å². The van der Waals surface area contributed by atoms with E-state index in [0.717, 1.165) is 0 Å². The van der Waals surface area contributed by atoms with Crippen molar-refractivity contribution < 1.29 is 0 Å². The number of rotatable bonds is 7. The number of fused-ring (bicyclic) bond motifs is 6. The number of piperidine rings is 2. The van der Waals surface area contributed by atoms with E-state index in [4.69, 9.17) is 0 Å². The maximum atomic E-state index is 2.86. The number of hydrogen-bond donors (Lipinski definition) is 0. The van der Waals surface area contributed by atoms with Gasteiger partial charge in [-0.3, -0.25) is 0 Å². The van der Waals surface area contributed by atoms with E-state index < -0.39 is 0 Å². The van der Waals surface area contributed by atoms with Gasteiger partial charge in [-0.15, -0.1) is 0 Å². The van der Waals surface area contributed by atoms with Gasteiger partial charge in [-0.1, -0.05) is 170 Å². The molecule has 0 saturated carbocycles. The zero-order chi connectivity index (χ0) is 43.6. The van der Waals surface area contributed by atoms with Gasteiger partial charge in [0.15, 0.2) is 0 Å². The summed E-state index contributed by atoms with van der Waals surface area (Å²) in [6.07, 6.45) is 7.68. The fourth-order valence-electron chi connectivity index (χ4n) is 11.9. The van der Waals surface area contributed by atoms with Crippen LogP contribution in [0.2, 0.25) is 0 Å². The van der Waals surface area contributed by atoms with Crippen LogP contribution in [0.4, 0.5) is 39.8 Å². The van der Waals surface area contributed by atoms with Gasteiger partial charge in [0.1, 0.15) is 0 Å². The van der Waals surface area contributed by atoms with E-state index >= 15 is 0 Å². The molecule has 2 bridgehead atoms. The lowest BCUT2D eigenvalue weighted by molar-refractivity contribution is 0.296. The number of nitrogens with zero attached hydrogens (tertiary/aromatic N) is 3. The average molecular weight is 848 g/mol. The molecule has 9 aromatic carbocycles. The third-order valence-corrected chi connectivity index (χ3v) is 15.0. The van der Waals surface area contributed by atoms with Gasteiger partial charge in [0.05, 0.1) is 0 Å². The van der Waals surface area contributed by atoms with E-state index in [9.17, 15) is 0 Å². The molecule has 4 aliphatic rings. The highest BCUT2D eigenvalue weighted by atomic mass is 15.2. The van der Waals surface area contributed by atoms with Crippen molar-refractivity contribution in [1.82, 2.24) is 0 Å². The van der Waals surface area contributed by atoms with Gasteiger partial charge < -0.3 is 14.7 Å². The van der Waals surface area contributed by atoms with Crippen molar-refractivity contribution in [1.29, 1.82) is 0 Å². The van der Waals surface area contributed by atoms with E-state index in [1.807, 2.05) is 0 Å². The van der Waals surface area contributed by atoms with Crippen molar-refractivity contribution >= 4 is 62.9 Å². The fraction of sp³-hybridized carbons (Fsp3) is 0.129. The summed E-state index contributed by atoms with van der Waals surface area (Å²) in [6.45, 7) is -0.0121. The summed E-state index contributed by atoms with van der Waals surface area (Å²) in [5.74, 6) is 0. The molecule has 0 spiro atoms. The fourth-order valence-corrected chi connectivity index (χ4v) is 11.9. The molecule has 4 heterocycles. The SMILES string of the molecule is c1ccc(-c2ccc(N3c4ccc(-c5ccccc5)cc4B4c5cc(-c6ccccc6)ccc5N(c5ccc(-c6ccccc6)cc5)c5cc(N6C7CCCC6CCC7)cc3c54)cc2)cc1. The average Bonchev–Trinajstić information content (AvgIpc) is 3.39. The molecule has 4 aliphatic heterocycles. The largest absolute Gasteiger partial charge is 0.365 e. The lowest BCUT2D eigenvalue weighted by atomic mass is 9.33. The second-order valence-corrected chi connectivity index (χ2v) is 18.7. The van der Waals surface area contributed by atoms with Gasteiger partial charge in [-0.2, -0.15) is 0 Å². The highest BCUT2D eigenvalue weighted by molar-refractivity contribution is 7.00. The Morgan fingerprint density at radius 2 is 0.636 bits per heavy atom. The van der Waals surface area contributed by atoms with Crippen LogP contribution in [-0.2, 0) is 0 Å². The Morgan fingerprint density at radius 1 is 0.303 bits per heavy atom. The molecular weight excluding hydrogens is 798 g/mol. The highest BCUT2D eigenvalue weighted by Gasteiger charge is 2.45. The van der Waals surface area contributed by atoms with Crippen LogP contribution in [0, 0.1) is 0 Å². The second-order valence-electron chi connectivity index (χ2n) is 18.7. The Balaban J connectivity index is 1.09. The van der Waals surface area contributed by atoms with E-state index in [0.29, 0.717) is 12.1 Å². The Kier molecular flexibility index (Phi) is 9.51. The minimum atomic E-state index is -0.0121. The zero-order valence-electron chi connectivity index (χ0n) is 37.1. The predicted molar refractivity (Wildman–Crippen MR) is 280 cm³/mol. The standard InChI is InChI=1S/C62H50BN3/c1-5-15-43(16-6-1)47-27-33-53(34-28-47)65-58-37-31-49(45-19-9-3-10-20-45)39-56(58)63-57-40-50(46-21-11-4-12-22-46)32-38-59(57)66(54-35-29-48(30-36-54)44-17-7-2-8-18-44)61-42-55(41-60(65)62(61)63)64-51-23-13-24-52(64)26-14-25-51/h1-12,15-22,27-42,51-52H,13-14,23-26H2. The van der Waals surface area contributed by atoms with Crippen LogP contribution >= 0.6 is 0 Å².